The van der Waals surface area contributed by atoms with E-state index in [0.717, 1.165) is 38.8 Å². The fourth-order valence-electron chi connectivity index (χ4n) is 2.78. The zero-order valence-corrected chi connectivity index (χ0v) is 11.2. The predicted molar refractivity (Wildman–Crippen MR) is 71.3 cm³/mol. The minimum absolute atomic E-state index is 0.173. The van der Waals surface area contributed by atoms with Gasteiger partial charge in [-0.05, 0) is 50.5 Å². The van der Waals surface area contributed by atoms with Gasteiger partial charge >= 0.3 is 0 Å². The first-order chi connectivity index (χ1) is 8.74. The van der Waals surface area contributed by atoms with Crippen molar-refractivity contribution in [3.05, 3.63) is 0 Å². The van der Waals surface area contributed by atoms with Crippen LogP contribution in [0.4, 0.5) is 0 Å². The minimum Gasteiger partial charge on any atom is -0.396 e. The van der Waals surface area contributed by atoms with E-state index < -0.39 is 0 Å². The van der Waals surface area contributed by atoms with E-state index in [9.17, 15) is 4.79 Å². The van der Waals surface area contributed by atoms with Gasteiger partial charge in [0.15, 0.2) is 0 Å². The minimum atomic E-state index is 0.173. The average molecular weight is 254 g/mol. The molecule has 0 spiro atoms. The number of rotatable bonds is 7. The van der Waals surface area contributed by atoms with Crippen molar-refractivity contribution in [2.45, 2.75) is 57.4 Å². The lowest BCUT2D eigenvalue weighted by Crippen LogP contribution is -2.36. The molecule has 104 valence electrons. The topological polar surface area (TPSA) is 61.4 Å². The maximum absolute atomic E-state index is 11.8. The van der Waals surface area contributed by atoms with Gasteiger partial charge in [0.25, 0.3) is 0 Å². The molecule has 1 atom stereocenters. The Balaban J connectivity index is 1.57. The highest BCUT2D eigenvalue weighted by Gasteiger charge is 2.41. The van der Waals surface area contributed by atoms with E-state index in [1.807, 2.05) is 0 Å². The Hall–Kier alpha value is -0.610. The van der Waals surface area contributed by atoms with Crippen LogP contribution in [0.3, 0.4) is 0 Å². The average Bonchev–Trinajstić information content (AvgIpc) is 3.16. The summed E-state index contributed by atoms with van der Waals surface area (Å²) in [7, 11) is 0. The number of aliphatic hydroxyl groups excluding tert-OH is 1. The van der Waals surface area contributed by atoms with E-state index in [2.05, 4.69) is 10.6 Å². The number of aliphatic hydroxyl groups is 1. The van der Waals surface area contributed by atoms with Crippen molar-refractivity contribution in [3.63, 3.8) is 0 Å². The monoisotopic (exact) mass is 254 g/mol. The fourth-order valence-corrected chi connectivity index (χ4v) is 2.78. The van der Waals surface area contributed by atoms with Gasteiger partial charge < -0.3 is 15.7 Å². The third kappa shape index (κ3) is 4.25. The maximum atomic E-state index is 11.8. The van der Waals surface area contributed by atoms with Crippen molar-refractivity contribution < 1.29 is 9.90 Å². The summed E-state index contributed by atoms with van der Waals surface area (Å²) in [6, 6.07) is 0.539. The molecule has 4 heteroatoms. The normalized spacial score (nSPS) is 25.7. The van der Waals surface area contributed by atoms with E-state index >= 15 is 0 Å². The molecule has 0 bridgehead atoms. The Kier molecular flexibility index (Phi) is 5.01. The molecule has 1 amide bonds. The van der Waals surface area contributed by atoms with E-state index in [1.165, 1.54) is 19.3 Å². The van der Waals surface area contributed by atoms with Crippen molar-refractivity contribution in [3.8, 4) is 0 Å². The van der Waals surface area contributed by atoms with Crippen molar-refractivity contribution in [1.29, 1.82) is 0 Å². The summed E-state index contributed by atoms with van der Waals surface area (Å²) >= 11 is 0. The van der Waals surface area contributed by atoms with Crippen LogP contribution in [0.25, 0.3) is 0 Å². The van der Waals surface area contributed by atoms with E-state index in [4.69, 9.17) is 5.11 Å². The summed E-state index contributed by atoms with van der Waals surface area (Å²) in [5, 5.41) is 15.5. The number of nitrogens with one attached hydrogen (secondary N) is 2. The molecule has 1 aliphatic carbocycles. The molecule has 0 aromatic carbocycles. The molecule has 2 rings (SSSR count). The second-order valence-corrected chi connectivity index (χ2v) is 5.94. The zero-order chi connectivity index (χ0) is 12.8. The van der Waals surface area contributed by atoms with Crippen molar-refractivity contribution in [1.82, 2.24) is 10.6 Å². The maximum Gasteiger partial charge on any atom is 0.220 e. The molecule has 3 N–H and O–H groups in total. The molecule has 0 aromatic rings. The molecule has 1 saturated carbocycles. The first-order valence-corrected chi connectivity index (χ1v) is 7.35. The number of carbonyl (C=O) groups excluding carboxylic acids is 1. The highest BCUT2D eigenvalue weighted by Crippen LogP contribution is 2.47. The van der Waals surface area contributed by atoms with E-state index in [-0.39, 0.29) is 17.9 Å². The van der Waals surface area contributed by atoms with Gasteiger partial charge in [-0.2, -0.15) is 0 Å². The molecule has 1 heterocycles. The number of piperidine rings is 1. The second-order valence-electron chi connectivity index (χ2n) is 5.94. The SMILES string of the molecule is O=C(CCC1CCCCN1)NCC1(CCO)CC1. The second kappa shape index (κ2) is 6.53. The third-order valence-corrected chi connectivity index (χ3v) is 4.39. The van der Waals surface area contributed by atoms with Crippen LogP contribution in [0, 0.1) is 5.41 Å². The molecule has 0 aromatic heterocycles. The summed E-state index contributed by atoms with van der Waals surface area (Å²) in [6.07, 6.45) is 8.49. The molecule has 1 saturated heterocycles. The van der Waals surface area contributed by atoms with Gasteiger partial charge in [-0.25, -0.2) is 0 Å². The first-order valence-electron chi connectivity index (χ1n) is 7.35. The van der Waals surface area contributed by atoms with Crippen molar-refractivity contribution >= 4 is 5.91 Å². The molecular weight excluding hydrogens is 228 g/mol. The van der Waals surface area contributed by atoms with E-state index in [1.54, 1.807) is 0 Å². The van der Waals surface area contributed by atoms with Crippen LogP contribution in [-0.2, 0) is 4.79 Å². The molecule has 18 heavy (non-hydrogen) atoms. The Morgan fingerprint density at radius 3 is 2.83 bits per heavy atom. The Morgan fingerprint density at radius 2 is 2.22 bits per heavy atom. The molecule has 0 radical (unpaired) electrons. The van der Waals surface area contributed by atoms with E-state index in [0.29, 0.717) is 12.5 Å². The van der Waals surface area contributed by atoms with Crippen LogP contribution >= 0.6 is 0 Å². The molecule has 1 aliphatic heterocycles. The number of hydrogen-bond acceptors (Lipinski definition) is 3. The third-order valence-electron chi connectivity index (χ3n) is 4.39. The first kappa shape index (κ1) is 13.8. The molecular formula is C14H26N2O2. The highest BCUT2D eigenvalue weighted by atomic mass is 16.3. The lowest BCUT2D eigenvalue weighted by molar-refractivity contribution is -0.121. The van der Waals surface area contributed by atoms with Crippen LogP contribution < -0.4 is 10.6 Å². The van der Waals surface area contributed by atoms with Crippen LogP contribution in [0.1, 0.15) is 51.4 Å². The van der Waals surface area contributed by atoms with Gasteiger partial charge in [0.2, 0.25) is 5.91 Å². The van der Waals surface area contributed by atoms with Crippen LogP contribution in [0.2, 0.25) is 0 Å². The summed E-state index contributed by atoms with van der Waals surface area (Å²) in [4.78, 5) is 11.8. The molecule has 1 unspecified atom stereocenters. The number of amides is 1. The quantitative estimate of drug-likeness (QED) is 0.639. The highest BCUT2D eigenvalue weighted by molar-refractivity contribution is 5.75. The summed E-state index contributed by atoms with van der Waals surface area (Å²) < 4.78 is 0. The smallest absolute Gasteiger partial charge is 0.220 e. The lowest BCUT2D eigenvalue weighted by atomic mass is 10.00. The van der Waals surface area contributed by atoms with Crippen LogP contribution in [0.5, 0.6) is 0 Å². The summed E-state index contributed by atoms with van der Waals surface area (Å²) in [5.74, 6) is 0.173. The van der Waals surface area contributed by atoms with Gasteiger partial charge in [-0.3, -0.25) is 4.79 Å². The summed E-state index contributed by atoms with van der Waals surface area (Å²) in [6.45, 7) is 2.10. The largest absolute Gasteiger partial charge is 0.396 e. The molecule has 4 nitrogen and oxygen atoms in total. The van der Waals surface area contributed by atoms with Gasteiger partial charge in [0.1, 0.15) is 0 Å². The summed E-state index contributed by atoms with van der Waals surface area (Å²) in [5.41, 5.74) is 0.230. The predicted octanol–water partition coefficient (Wildman–Crippen LogP) is 1.19. The molecule has 2 aliphatic rings. The van der Waals surface area contributed by atoms with Gasteiger partial charge in [-0.1, -0.05) is 6.42 Å². The van der Waals surface area contributed by atoms with Crippen molar-refractivity contribution in [2.24, 2.45) is 5.41 Å². The number of hydrogen-bond donors (Lipinski definition) is 3. The number of carbonyl (C=O) groups is 1. The molecule has 2 fully saturated rings. The van der Waals surface area contributed by atoms with Crippen molar-refractivity contribution in [2.75, 3.05) is 19.7 Å². The Bertz CT molecular complexity index is 271. The fraction of sp³-hybridized carbons (Fsp3) is 0.929. The zero-order valence-electron chi connectivity index (χ0n) is 11.2. The van der Waals surface area contributed by atoms with Crippen LogP contribution in [-0.4, -0.2) is 36.8 Å². The van der Waals surface area contributed by atoms with Gasteiger partial charge in [-0.15, -0.1) is 0 Å². The van der Waals surface area contributed by atoms with Crippen LogP contribution in [0.15, 0.2) is 0 Å². The van der Waals surface area contributed by atoms with Gasteiger partial charge in [0.05, 0.1) is 0 Å². The Labute approximate surface area is 110 Å². The lowest BCUT2D eigenvalue weighted by Gasteiger charge is -2.23. The standard InChI is InChI=1S/C14H26N2O2/c17-10-8-14(6-7-14)11-16-13(18)5-4-12-3-1-2-9-15-12/h12,15,17H,1-11H2,(H,16,18). The Morgan fingerprint density at radius 1 is 1.39 bits per heavy atom. The van der Waals surface area contributed by atoms with Gasteiger partial charge in [0, 0.05) is 25.6 Å².